The van der Waals surface area contributed by atoms with Crippen LogP contribution < -0.4 is 11.2 Å². The Morgan fingerprint density at radius 2 is 1.97 bits per heavy atom. The van der Waals surface area contributed by atoms with Crippen LogP contribution in [0.3, 0.4) is 0 Å². The monoisotopic (exact) mass is 496 g/mol. The molecule has 5 rings (SSSR count). The van der Waals surface area contributed by atoms with Gasteiger partial charge in [0.1, 0.15) is 10.4 Å². The number of nitrogens with zero attached hydrogens (tertiary/aromatic N) is 2. The maximum absolute atomic E-state index is 13.5. The number of hydrogen-bond donors (Lipinski definition) is 0. The van der Waals surface area contributed by atoms with Crippen molar-refractivity contribution in [1.29, 1.82) is 0 Å². The lowest BCUT2D eigenvalue weighted by molar-refractivity contribution is 0.140. The molecule has 34 heavy (non-hydrogen) atoms. The summed E-state index contributed by atoms with van der Waals surface area (Å²) in [5, 5.41) is 2.37. The fraction of sp³-hybridized carbons (Fsp3) is 0.423. The Kier molecular flexibility index (Phi) is 6.64. The average Bonchev–Trinajstić information content (AvgIpc) is 3.38. The summed E-state index contributed by atoms with van der Waals surface area (Å²) in [4.78, 5) is 32.5. The second-order valence-electron chi connectivity index (χ2n) is 8.72. The number of thiophene rings is 1. The van der Waals surface area contributed by atoms with E-state index in [1.807, 2.05) is 26.8 Å². The molecule has 3 heterocycles. The van der Waals surface area contributed by atoms with Crippen molar-refractivity contribution in [2.45, 2.75) is 63.9 Å². The number of benzene rings is 1. The number of rotatable bonds is 8. The molecule has 0 spiro atoms. The van der Waals surface area contributed by atoms with Gasteiger partial charge in [-0.3, -0.25) is 9.36 Å². The Labute approximate surface area is 206 Å². The zero-order valence-corrected chi connectivity index (χ0v) is 21.4. The molecule has 0 saturated heterocycles. The van der Waals surface area contributed by atoms with E-state index in [-0.39, 0.29) is 11.2 Å². The molecular weight excluding hydrogens is 468 g/mol. The largest absolute Gasteiger partial charge is 0.423 e. The number of aryl methyl sites for hydroxylation is 4. The van der Waals surface area contributed by atoms with Crippen molar-refractivity contribution in [3.8, 4) is 0 Å². The topological polar surface area (TPSA) is 74.3 Å². The molecule has 0 saturated carbocycles. The summed E-state index contributed by atoms with van der Waals surface area (Å²) >= 11 is 3.06. The fourth-order valence-corrected chi connectivity index (χ4v) is 6.73. The lowest BCUT2D eigenvalue weighted by atomic mass is 10.0. The van der Waals surface area contributed by atoms with E-state index in [0.717, 1.165) is 51.9 Å². The van der Waals surface area contributed by atoms with Crippen molar-refractivity contribution >= 4 is 44.3 Å². The first kappa shape index (κ1) is 23.3. The predicted octanol–water partition coefficient (Wildman–Crippen LogP) is 5.39. The lowest BCUT2D eigenvalue weighted by Crippen LogP contribution is -2.24. The SMILES string of the molecule is CCOCCCn1c(SCc2cc(=O)oc3cc4c(cc23)CCC4)nc2sc(C)c(C)c2c1=O. The number of thioether (sulfide) groups is 1. The van der Waals surface area contributed by atoms with E-state index in [4.69, 9.17) is 14.1 Å². The van der Waals surface area contributed by atoms with Crippen molar-refractivity contribution in [3.05, 3.63) is 66.1 Å². The number of fused-ring (bicyclic) bond motifs is 3. The van der Waals surface area contributed by atoms with E-state index < -0.39 is 0 Å². The fourth-order valence-electron chi connectivity index (χ4n) is 4.64. The molecule has 1 aliphatic rings. The van der Waals surface area contributed by atoms with Crippen molar-refractivity contribution in [2.75, 3.05) is 13.2 Å². The summed E-state index contributed by atoms with van der Waals surface area (Å²) in [5.74, 6) is 0.535. The van der Waals surface area contributed by atoms with Crippen LogP contribution in [0.5, 0.6) is 0 Å². The molecule has 178 valence electrons. The molecule has 0 radical (unpaired) electrons. The Balaban J connectivity index is 1.53. The van der Waals surface area contributed by atoms with Crippen molar-refractivity contribution in [3.63, 3.8) is 0 Å². The zero-order chi connectivity index (χ0) is 23.8. The maximum atomic E-state index is 13.5. The summed E-state index contributed by atoms with van der Waals surface area (Å²) in [7, 11) is 0. The molecule has 0 unspecified atom stereocenters. The van der Waals surface area contributed by atoms with Gasteiger partial charge in [0.25, 0.3) is 5.56 Å². The summed E-state index contributed by atoms with van der Waals surface area (Å²) < 4.78 is 12.8. The van der Waals surface area contributed by atoms with Crippen LogP contribution >= 0.6 is 23.1 Å². The highest BCUT2D eigenvalue weighted by molar-refractivity contribution is 7.98. The Hall–Kier alpha value is -2.42. The van der Waals surface area contributed by atoms with Gasteiger partial charge in [0, 0.05) is 41.8 Å². The van der Waals surface area contributed by atoms with Gasteiger partial charge >= 0.3 is 5.63 Å². The van der Waals surface area contributed by atoms with Crippen LogP contribution in [0.1, 0.15) is 46.9 Å². The van der Waals surface area contributed by atoms with Gasteiger partial charge in [-0.25, -0.2) is 9.78 Å². The van der Waals surface area contributed by atoms with Crippen LogP contribution in [-0.2, 0) is 29.9 Å². The minimum absolute atomic E-state index is 0.00102. The van der Waals surface area contributed by atoms with Gasteiger partial charge in [-0.1, -0.05) is 11.8 Å². The first-order valence-electron chi connectivity index (χ1n) is 11.8. The van der Waals surface area contributed by atoms with Crippen LogP contribution in [-0.4, -0.2) is 22.8 Å². The van der Waals surface area contributed by atoms with E-state index in [0.29, 0.717) is 41.6 Å². The van der Waals surface area contributed by atoms with E-state index in [2.05, 4.69) is 6.07 Å². The highest BCUT2D eigenvalue weighted by atomic mass is 32.2. The maximum Gasteiger partial charge on any atom is 0.336 e. The van der Waals surface area contributed by atoms with Crippen LogP contribution in [0.25, 0.3) is 21.2 Å². The molecule has 1 aromatic carbocycles. The molecule has 6 nitrogen and oxygen atoms in total. The third-order valence-corrected chi connectivity index (χ3v) is 8.65. The number of aromatic nitrogens is 2. The molecule has 4 aromatic rings. The van der Waals surface area contributed by atoms with Crippen molar-refractivity contribution < 1.29 is 9.15 Å². The Bertz CT molecular complexity index is 1500. The number of hydrogen-bond acceptors (Lipinski definition) is 7. The molecule has 3 aromatic heterocycles. The molecule has 0 bridgehead atoms. The van der Waals surface area contributed by atoms with Crippen LogP contribution in [0.15, 0.2) is 37.4 Å². The van der Waals surface area contributed by atoms with Gasteiger partial charge in [-0.2, -0.15) is 0 Å². The highest BCUT2D eigenvalue weighted by Crippen LogP contribution is 2.32. The second kappa shape index (κ2) is 9.68. The van der Waals surface area contributed by atoms with Crippen LogP contribution in [0.2, 0.25) is 0 Å². The normalized spacial score (nSPS) is 13.3. The quantitative estimate of drug-likeness (QED) is 0.141. The summed E-state index contributed by atoms with van der Waals surface area (Å²) in [6, 6.07) is 5.78. The Morgan fingerprint density at radius 1 is 1.18 bits per heavy atom. The molecule has 0 fully saturated rings. The molecule has 0 N–H and O–H groups in total. The van der Waals surface area contributed by atoms with E-state index in [1.54, 1.807) is 22.0 Å². The first-order chi connectivity index (χ1) is 16.5. The van der Waals surface area contributed by atoms with Gasteiger partial charge in [0.05, 0.1) is 5.39 Å². The third-order valence-electron chi connectivity index (χ3n) is 6.53. The smallest absolute Gasteiger partial charge is 0.336 e. The Morgan fingerprint density at radius 3 is 2.76 bits per heavy atom. The standard InChI is InChI=1S/C26H28N2O4S2/c1-4-31-10-6-9-28-25(30)23-15(2)16(3)34-24(23)27-26(28)33-14-19-13-22(29)32-21-12-18-8-5-7-17(18)11-20(19)21/h11-13H,4-10,14H2,1-3H3. The molecular formula is C26H28N2O4S2. The van der Waals surface area contributed by atoms with Crippen molar-refractivity contribution in [1.82, 2.24) is 9.55 Å². The van der Waals surface area contributed by atoms with Gasteiger partial charge in [0.15, 0.2) is 5.16 Å². The molecule has 0 amide bonds. The summed E-state index contributed by atoms with van der Waals surface area (Å²) in [5.41, 5.74) is 4.84. The van der Waals surface area contributed by atoms with Gasteiger partial charge < -0.3 is 9.15 Å². The van der Waals surface area contributed by atoms with E-state index in [9.17, 15) is 9.59 Å². The molecule has 0 atom stereocenters. The zero-order valence-electron chi connectivity index (χ0n) is 19.7. The molecule has 8 heteroatoms. The molecule has 1 aliphatic carbocycles. The van der Waals surface area contributed by atoms with Gasteiger partial charge in [-0.15, -0.1) is 11.3 Å². The van der Waals surface area contributed by atoms with Gasteiger partial charge in [-0.05, 0) is 80.8 Å². The van der Waals surface area contributed by atoms with Crippen LogP contribution in [0.4, 0.5) is 0 Å². The number of ether oxygens (including phenoxy) is 1. The first-order valence-corrected chi connectivity index (χ1v) is 13.6. The van der Waals surface area contributed by atoms with Gasteiger partial charge in [0.2, 0.25) is 0 Å². The average molecular weight is 497 g/mol. The lowest BCUT2D eigenvalue weighted by Gasteiger charge is -2.13. The van der Waals surface area contributed by atoms with Crippen molar-refractivity contribution in [2.24, 2.45) is 0 Å². The minimum Gasteiger partial charge on any atom is -0.423 e. The third kappa shape index (κ3) is 4.34. The predicted molar refractivity (Wildman–Crippen MR) is 139 cm³/mol. The van der Waals surface area contributed by atoms with Crippen LogP contribution in [0, 0.1) is 13.8 Å². The minimum atomic E-state index is -0.344. The summed E-state index contributed by atoms with van der Waals surface area (Å²) in [6.07, 6.45) is 3.97. The molecule has 0 aliphatic heterocycles. The van der Waals surface area contributed by atoms with E-state index in [1.165, 1.54) is 22.9 Å². The van der Waals surface area contributed by atoms with E-state index >= 15 is 0 Å². The summed E-state index contributed by atoms with van der Waals surface area (Å²) in [6.45, 7) is 7.79. The highest BCUT2D eigenvalue weighted by Gasteiger charge is 2.19. The second-order valence-corrected chi connectivity index (χ2v) is 10.9.